The Morgan fingerprint density at radius 2 is 1.82 bits per heavy atom. The van der Waals surface area contributed by atoms with Gasteiger partial charge < -0.3 is 4.74 Å². The third-order valence-corrected chi connectivity index (χ3v) is 6.04. The summed E-state index contributed by atoms with van der Waals surface area (Å²) in [5, 5.41) is 2.87. The molecule has 0 atom stereocenters. The number of carbonyl (C=O) groups is 2. The van der Waals surface area contributed by atoms with Crippen LogP contribution in [0, 0.1) is 6.92 Å². The van der Waals surface area contributed by atoms with Crippen molar-refractivity contribution in [2.45, 2.75) is 27.4 Å². The fourth-order valence-electron chi connectivity index (χ4n) is 3.50. The molecule has 33 heavy (non-hydrogen) atoms. The summed E-state index contributed by atoms with van der Waals surface area (Å²) in [5.41, 5.74) is 2.02. The van der Waals surface area contributed by atoms with E-state index >= 15 is 0 Å². The van der Waals surface area contributed by atoms with Crippen LogP contribution in [0.1, 0.15) is 35.7 Å². The molecule has 8 nitrogen and oxygen atoms in total. The van der Waals surface area contributed by atoms with E-state index in [0.29, 0.717) is 45.3 Å². The lowest BCUT2D eigenvalue weighted by Gasteiger charge is -2.14. The number of rotatable bonds is 6. The van der Waals surface area contributed by atoms with E-state index in [9.17, 15) is 14.4 Å². The molecular formula is C24H22N4O4S. The molecule has 0 fully saturated rings. The van der Waals surface area contributed by atoms with E-state index in [4.69, 9.17) is 4.74 Å². The van der Waals surface area contributed by atoms with Crippen LogP contribution in [0.25, 0.3) is 16.6 Å². The monoisotopic (exact) mass is 462 g/mol. The minimum atomic E-state index is -0.504. The van der Waals surface area contributed by atoms with Gasteiger partial charge in [0.15, 0.2) is 5.13 Å². The first-order valence-corrected chi connectivity index (χ1v) is 11.3. The molecule has 0 bridgehead atoms. The smallest absolute Gasteiger partial charge is 0.338 e. The van der Waals surface area contributed by atoms with Crippen LogP contribution in [0.15, 0.2) is 58.7 Å². The molecule has 1 amide bonds. The second-order valence-electron chi connectivity index (χ2n) is 7.32. The predicted molar refractivity (Wildman–Crippen MR) is 127 cm³/mol. The molecule has 0 N–H and O–H groups in total. The predicted octanol–water partition coefficient (Wildman–Crippen LogP) is 3.88. The quantitative estimate of drug-likeness (QED) is 0.404. The molecule has 0 aliphatic carbocycles. The first-order chi connectivity index (χ1) is 15.9. The molecule has 4 aromatic rings. The van der Waals surface area contributed by atoms with Crippen LogP contribution in [-0.2, 0) is 16.1 Å². The van der Waals surface area contributed by atoms with Gasteiger partial charge in [-0.25, -0.2) is 14.8 Å². The molecule has 0 saturated heterocycles. The number of aromatic nitrogens is 3. The molecule has 0 radical (unpaired) electrons. The van der Waals surface area contributed by atoms with Gasteiger partial charge in [-0.05, 0) is 50.2 Å². The zero-order valence-electron chi connectivity index (χ0n) is 18.4. The number of hydrogen-bond acceptors (Lipinski definition) is 7. The van der Waals surface area contributed by atoms with Crippen molar-refractivity contribution in [1.29, 1.82) is 0 Å². The van der Waals surface area contributed by atoms with E-state index in [1.165, 1.54) is 22.8 Å². The number of ether oxygens (including phenoxy) is 1. The molecular weight excluding hydrogens is 440 g/mol. The number of esters is 1. The lowest BCUT2D eigenvalue weighted by Crippen LogP contribution is -2.27. The van der Waals surface area contributed by atoms with Gasteiger partial charge in [-0.2, -0.15) is 0 Å². The third-order valence-electron chi connectivity index (χ3n) is 5.12. The van der Waals surface area contributed by atoms with Gasteiger partial charge in [0.2, 0.25) is 5.91 Å². The van der Waals surface area contributed by atoms with Crippen LogP contribution in [-0.4, -0.2) is 33.0 Å². The number of aryl methyl sites for hydroxylation is 1. The van der Waals surface area contributed by atoms with Crippen molar-refractivity contribution in [3.8, 4) is 5.69 Å². The number of nitrogens with zero attached hydrogens (tertiary/aromatic N) is 4. The number of amides is 1. The normalized spacial score (nSPS) is 10.9. The van der Waals surface area contributed by atoms with Crippen LogP contribution >= 0.6 is 11.3 Å². The van der Waals surface area contributed by atoms with Crippen molar-refractivity contribution >= 4 is 39.2 Å². The highest BCUT2D eigenvalue weighted by Crippen LogP contribution is 2.21. The average Bonchev–Trinajstić information content (AvgIpc) is 3.26. The highest BCUT2D eigenvalue weighted by atomic mass is 32.1. The summed E-state index contributed by atoms with van der Waals surface area (Å²) in [5.74, 6) is -0.0396. The average molecular weight is 463 g/mol. The number of para-hydroxylation sites is 1. The fraction of sp³-hybridized carbons (Fsp3) is 0.208. The maximum Gasteiger partial charge on any atom is 0.338 e. The molecule has 2 heterocycles. The summed E-state index contributed by atoms with van der Waals surface area (Å²) in [6.45, 7) is 5.64. The topological polar surface area (TPSA) is 94.4 Å². The van der Waals surface area contributed by atoms with Crippen molar-refractivity contribution in [2.75, 3.05) is 11.4 Å². The maximum absolute atomic E-state index is 12.9. The van der Waals surface area contributed by atoms with Crippen LogP contribution in [0.3, 0.4) is 0 Å². The molecule has 168 valence electrons. The summed E-state index contributed by atoms with van der Waals surface area (Å²) < 4.78 is 6.89. The molecule has 0 aliphatic rings. The molecule has 0 aliphatic heterocycles. The fourth-order valence-corrected chi connectivity index (χ4v) is 4.41. The standard InChI is InChI=1S/C24H22N4O4S/c1-4-27(16(3)29)24-26-18(14-33-24)13-32-23(31)17-9-11-19(12-10-17)28-15(2)25-21-8-6-5-7-20(21)22(28)30/h5-12,14H,4,13H2,1-3H3. The molecule has 0 saturated carbocycles. The third kappa shape index (κ3) is 4.54. The lowest BCUT2D eigenvalue weighted by atomic mass is 10.2. The minimum Gasteiger partial charge on any atom is -0.456 e. The van der Waals surface area contributed by atoms with E-state index in [1.807, 2.05) is 13.0 Å². The summed E-state index contributed by atoms with van der Waals surface area (Å²) >= 11 is 1.33. The molecule has 0 spiro atoms. The Hall–Kier alpha value is -3.85. The highest BCUT2D eigenvalue weighted by Gasteiger charge is 2.15. The summed E-state index contributed by atoms with van der Waals surface area (Å²) in [6, 6.07) is 13.8. The number of thiazole rings is 1. The van der Waals surface area contributed by atoms with Crippen LogP contribution in [0.4, 0.5) is 5.13 Å². The number of benzene rings is 2. The van der Waals surface area contributed by atoms with Crippen LogP contribution < -0.4 is 10.5 Å². The van der Waals surface area contributed by atoms with Crippen molar-refractivity contribution in [3.63, 3.8) is 0 Å². The Morgan fingerprint density at radius 1 is 1.09 bits per heavy atom. The number of anilines is 1. The van der Waals surface area contributed by atoms with E-state index in [-0.39, 0.29) is 18.1 Å². The summed E-state index contributed by atoms with van der Waals surface area (Å²) in [7, 11) is 0. The second-order valence-corrected chi connectivity index (χ2v) is 8.16. The Bertz CT molecular complexity index is 1390. The largest absolute Gasteiger partial charge is 0.456 e. The Morgan fingerprint density at radius 3 is 2.52 bits per heavy atom. The van der Waals surface area contributed by atoms with Gasteiger partial charge in [-0.1, -0.05) is 12.1 Å². The van der Waals surface area contributed by atoms with E-state index < -0.39 is 5.97 Å². The van der Waals surface area contributed by atoms with Crippen LogP contribution in [0.2, 0.25) is 0 Å². The first kappa shape index (κ1) is 22.3. The first-order valence-electron chi connectivity index (χ1n) is 10.4. The van der Waals surface area contributed by atoms with Crippen molar-refractivity contribution in [3.05, 3.63) is 81.3 Å². The number of fused-ring (bicyclic) bond motifs is 1. The zero-order valence-corrected chi connectivity index (χ0v) is 19.3. The zero-order chi connectivity index (χ0) is 23.5. The Kier molecular flexibility index (Phi) is 6.32. The van der Waals surface area contributed by atoms with Crippen LogP contribution in [0.5, 0.6) is 0 Å². The summed E-state index contributed by atoms with van der Waals surface area (Å²) in [4.78, 5) is 47.5. The van der Waals surface area contributed by atoms with Crippen molar-refractivity contribution in [2.24, 2.45) is 0 Å². The van der Waals surface area contributed by atoms with E-state index in [2.05, 4.69) is 9.97 Å². The minimum absolute atomic E-state index is 0.000293. The lowest BCUT2D eigenvalue weighted by molar-refractivity contribution is -0.116. The van der Waals surface area contributed by atoms with Gasteiger partial charge in [0.05, 0.1) is 27.8 Å². The van der Waals surface area contributed by atoms with Gasteiger partial charge >= 0.3 is 5.97 Å². The maximum atomic E-state index is 12.9. The van der Waals surface area contributed by atoms with Gasteiger partial charge in [0.1, 0.15) is 12.4 Å². The van der Waals surface area contributed by atoms with E-state index in [1.54, 1.807) is 59.7 Å². The SMILES string of the molecule is CCN(C(C)=O)c1nc(COC(=O)c2ccc(-n3c(C)nc4ccccc4c3=O)cc2)cs1. The molecule has 9 heteroatoms. The van der Waals surface area contributed by atoms with Crippen molar-refractivity contribution < 1.29 is 14.3 Å². The molecule has 0 unspecified atom stereocenters. The van der Waals surface area contributed by atoms with Crippen molar-refractivity contribution in [1.82, 2.24) is 14.5 Å². The molecule has 2 aromatic heterocycles. The number of hydrogen-bond donors (Lipinski definition) is 0. The molecule has 4 rings (SSSR count). The second kappa shape index (κ2) is 9.33. The van der Waals surface area contributed by atoms with Gasteiger partial charge in [-0.3, -0.25) is 19.1 Å². The van der Waals surface area contributed by atoms with Gasteiger partial charge in [0.25, 0.3) is 5.56 Å². The highest BCUT2D eigenvalue weighted by molar-refractivity contribution is 7.14. The van der Waals surface area contributed by atoms with Gasteiger partial charge in [0, 0.05) is 18.8 Å². The Balaban J connectivity index is 1.49. The van der Waals surface area contributed by atoms with E-state index in [0.717, 1.165) is 0 Å². The number of carbonyl (C=O) groups excluding carboxylic acids is 2. The molecule has 2 aromatic carbocycles. The summed E-state index contributed by atoms with van der Waals surface area (Å²) in [6.07, 6.45) is 0. The van der Waals surface area contributed by atoms with Gasteiger partial charge in [-0.15, -0.1) is 11.3 Å². The Labute approximate surface area is 194 Å².